The van der Waals surface area contributed by atoms with Crippen molar-refractivity contribution in [2.45, 2.75) is 45.6 Å². The predicted molar refractivity (Wildman–Crippen MR) is 103 cm³/mol. The summed E-state index contributed by atoms with van der Waals surface area (Å²) in [6.07, 6.45) is 6.87. The number of carbonyl (C=O) groups excluding carboxylic acids is 1. The number of amides is 1. The molecule has 1 aliphatic heterocycles. The molecule has 0 unspecified atom stereocenters. The fourth-order valence-electron chi connectivity index (χ4n) is 3.48. The van der Waals surface area contributed by atoms with Crippen LogP contribution in [0.4, 0.5) is 5.82 Å². The lowest BCUT2D eigenvalue weighted by molar-refractivity contribution is -0.132. The Morgan fingerprint density at radius 2 is 2.04 bits per heavy atom. The number of anilines is 1. The zero-order chi connectivity index (χ0) is 18.5. The molecule has 1 fully saturated rings. The molecule has 0 N–H and O–H groups in total. The Morgan fingerprint density at radius 3 is 2.73 bits per heavy atom. The fraction of sp³-hybridized carbons (Fsp3) is 0.500. The molecule has 0 spiro atoms. The number of hydrogen-bond donors (Lipinski definition) is 0. The maximum atomic E-state index is 12.1. The van der Waals surface area contributed by atoms with Crippen LogP contribution in [0.1, 0.15) is 38.2 Å². The number of pyridine rings is 1. The molecule has 0 aliphatic carbocycles. The number of piperidine rings is 1. The van der Waals surface area contributed by atoms with Crippen molar-refractivity contribution in [2.24, 2.45) is 0 Å². The van der Waals surface area contributed by atoms with Gasteiger partial charge in [-0.1, -0.05) is 13.0 Å². The Labute approximate surface area is 155 Å². The first kappa shape index (κ1) is 18.3. The molecule has 3 heterocycles. The first-order chi connectivity index (χ1) is 12.6. The van der Waals surface area contributed by atoms with Gasteiger partial charge in [0.25, 0.3) is 0 Å². The van der Waals surface area contributed by atoms with E-state index in [1.165, 1.54) is 0 Å². The Kier molecular flexibility index (Phi) is 5.81. The van der Waals surface area contributed by atoms with Gasteiger partial charge in [0.1, 0.15) is 12.1 Å². The number of nitrogens with zero attached hydrogens (tertiary/aromatic N) is 5. The molecule has 0 aromatic carbocycles. The average Bonchev–Trinajstić information content (AvgIpc) is 2.68. The van der Waals surface area contributed by atoms with E-state index in [0.29, 0.717) is 12.5 Å². The molecule has 1 saturated heterocycles. The SMILES string of the molecule is CCCC(=O)N(C)C1CCN(c2cc(-c3ncccc3C)ncn2)CC1. The van der Waals surface area contributed by atoms with Crippen LogP contribution in [-0.2, 0) is 4.79 Å². The van der Waals surface area contributed by atoms with Crippen molar-refractivity contribution in [3.63, 3.8) is 0 Å². The molecule has 26 heavy (non-hydrogen) atoms. The molecule has 1 amide bonds. The number of hydrogen-bond acceptors (Lipinski definition) is 5. The van der Waals surface area contributed by atoms with Gasteiger partial charge in [0.15, 0.2) is 0 Å². The zero-order valence-corrected chi connectivity index (χ0v) is 15.9. The lowest BCUT2D eigenvalue weighted by atomic mass is 10.0. The van der Waals surface area contributed by atoms with Gasteiger partial charge in [-0.15, -0.1) is 0 Å². The van der Waals surface area contributed by atoms with Crippen LogP contribution >= 0.6 is 0 Å². The molecular weight excluding hydrogens is 326 g/mol. The van der Waals surface area contributed by atoms with E-state index in [-0.39, 0.29) is 5.91 Å². The molecule has 1 aliphatic rings. The van der Waals surface area contributed by atoms with Crippen LogP contribution < -0.4 is 4.90 Å². The van der Waals surface area contributed by atoms with Gasteiger partial charge in [0.05, 0.1) is 11.4 Å². The highest BCUT2D eigenvalue weighted by atomic mass is 16.2. The predicted octanol–water partition coefficient (Wildman–Crippen LogP) is 3.07. The largest absolute Gasteiger partial charge is 0.356 e. The average molecular weight is 353 g/mol. The maximum Gasteiger partial charge on any atom is 0.222 e. The Bertz CT molecular complexity index is 755. The maximum absolute atomic E-state index is 12.1. The van der Waals surface area contributed by atoms with Gasteiger partial charge in [0.2, 0.25) is 5.91 Å². The normalized spacial score (nSPS) is 15.1. The number of aryl methyl sites for hydroxylation is 1. The summed E-state index contributed by atoms with van der Waals surface area (Å²) >= 11 is 0. The van der Waals surface area contributed by atoms with Crippen molar-refractivity contribution in [3.8, 4) is 11.4 Å². The smallest absolute Gasteiger partial charge is 0.222 e. The van der Waals surface area contributed by atoms with Gasteiger partial charge in [-0.25, -0.2) is 9.97 Å². The number of carbonyl (C=O) groups is 1. The fourth-order valence-corrected chi connectivity index (χ4v) is 3.48. The summed E-state index contributed by atoms with van der Waals surface area (Å²) in [6.45, 7) is 5.88. The summed E-state index contributed by atoms with van der Waals surface area (Å²) in [4.78, 5) is 29.6. The second-order valence-electron chi connectivity index (χ2n) is 6.90. The summed E-state index contributed by atoms with van der Waals surface area (Å²) in [5.74, 6) is 1.18. The van der Waals surface area contributed by atoms with Crippen molar-refractivity contribution in [3.05, 3.63) is 36.3 Å². The zero-order valence-electron chi connectivity index (χ0n) is 15.9. The van der Waals surface area contributed by atoms with Crippen LogP contribution in [0.2, 0.25) is 0 Å². The van der Waals surface area contributed by atoms with Crippen LogP contribution in [0.5, 0.6) is 0 Å². The standard InChI is InChI=1S/C20H27N5O/c1-4-6-19(26)24(3)16-8-11-25(12-9-16)18-13-17(22-14-23-18)20-15(2)7-5-10-21-20/h5,7,10,13-14,16H,4,6,8-9,11-12H2,1-3H3. The topological polar surface area (TPSA) is 62.2 Å². The first-order valence-corrected chi connectivity index (χ1v) is 9.34. The van der Waals surface area contributed by atoms with Crippen LogP contribution in [0.15, 0.2) is 30.7 Å². The van der Waals surface area contributed by atoms with E-state index >= 15 is 0 Å². The van der Waals surface area contributed by atoms with Gasteiger partial charge in [0, 0.05) is 44.9 Å². The quantitative estimate of drug-likeness (QED) is 0.827. The lowest BCUT2D eigenvalue weighted by Gasteiger charge is -2.37. The Hall–Kier alpha value is -2.50. The summed E-state index contributed by atoms with van der Waals surface area (Å²) < 4.78 is 0. The molecular formula is C20H27N5O. The highest BCUT2D eigenvalue weighted by molar-refractivity contribution is 5.76. The van der Waals surface area contributed by atoms with Gasteiger partial charge >= 0.3 is 0 Å². The van der Waals surface area contributed by atoms with Crippen molar-refractivity contribution in [1.29, 1.82) is 0 Å². The van der Waals surface area contributed by atoms with E-state index in [2.05, 4.69) is 19.9 Å². The monoisotopic (exact) mass is 353 g/mol. The minimum atomic E-state index is 0.251. The molecule has 2 aromatic heterocycles. The van der Waals surface area contributed by atoms with Gasteiger partial charge in [-0.2, -0.15) is 0 Å². The molecule has 6 nitrogen and oxygen atoms in total. The summed E-state index contributed by atoms with van der Waals surface area (Å²) in [6, 6.07) is 6.31. The molecule has 0 saturated carbocycles. The second-order valence-corrected chi connectivity index (χ2v) is 6.90. The first-order valence-electron chi connectivity index (χ1n) is 9.34. The molecule has 0 bridgehead atoms. The van der Waals surface area contributed by atoms with Gasteiger partial charge in [-0.3, -0.25) is 9.78 Å². The molecule has 2 aromatic rings. The molecule has 6 heteroatoms. The lowest BCUT2D eigenvalue weighted by Crippen LogP contribution is -2.45. The molecule has 138 valence electrons. The van der Waals surface area contributed by atoms with E-state index in [1.54, 1.807) is 12.5 Å². The number of aromatic nitrogens is 3. The molecule has 3 rings (SSSR count). The van der Waals surface area contributed by atoms with Gasteiger partial charge in [-0.05, 0) is 37.8 Å². The molecule has 0 atom stereocenters. The van der Waals surface area contributed by atoms with Crippen LogP contribution in [-0.4, -0.2) is 51.9 Å². The van der Waals surface area contributed by atoms with E-state index in [1.807, 2.05) is 44.0 Å². The van der Waals surface area contributed by atoms with Crippen LogP contribution in [0, 0.1) is 6.92 Å². The Morgan fingerprint density at radius 1 is 1.27 bits per heavy atom. The Balaban J connectivity index is 1.68. The van der Waals surface area contributed by atoms with E-state index in [4.69, 9.17) is 0 Å². The highest BCUT2D eigenvalue weighted by Crippen LogP contribution is 2.25. The minimum absolute atomic E-state index is 0.251. The van der Waals surface area contributed by atoms with Crippen molar-refractivity contribution in [1.82, 2.24) is 19.9 Å². The third-order valence-corrected chi connectivity index (χ3v) is 5.10. The van der Waals surface area contributed by atoms with Crippen molar-refractivity contribution >= 4 is 11.7 Å². The number of rotatable bonds is 5. The third-order valence-electron chi connectivity index (χ3n) is 5.10. The third kappa shape index (κ3) is 4.00. The second kappa shape index (κ2) is 8.25. The highest BCUT2D eigenvalue weighted by Gasteiger charge is 2.25. The summed E-state index contributed by atoms with van der Waals surface area (Å²) in [7, 11) is 1.94. The van der Waals surface area contributed by atoms with Crippen molar-refractivity contribution < 1.29 is 4.79 Å². The summed E-state index contributed by atoms with van der Waals surface area (Å²) in [5, 5.41) is 0. The van der Waals surface area contributed by atoms with Gasteiger partial charge < -0.3 is 9.80 Å². The van der Waals surface area contributed by atoms with Crippen LogP contribution in [0.25, 0.3) is 11.4 Å². The summed E-state index contributed by atoms with van der Waals surface area (Å²) in [5.41, 5.74) is 2.85. The minimum Gasteiger partial charge on any atom is -0.356 e. The van der Waals surface area contributed by atoms with E-state index < -0.39 is 0 Å². The van der Waals surface area contributed by atoms with Crippen molar-refractivity contribution in [2.75, 3.05) is 25.0 Å². The van der Waals surface area contributed by atoms with E-state index in [9.17, 15) is 4.79 Å². The van der Waals surface area contributed by atoms with Crippen LogP contribution in [0.3, 0.4) is 0 Å². The molecule has 0 radical (unpaired) electrons. The van der Waals surface area contributed by atoms with E-state index in [0.717, 1.165) is 55.1 Å².